The van der Waals surface area contributed by atoms with Crippen molar-refractivity contribution >= 4 is 72.9 Å². The number of rotatable bonds is 6. The van der Waals surface area contributed by atoms with Crippen LogP contribution in [0.1, 0.15) is 39.5 Å². The zero-order valence-electron chi connectivity index (χ0n) is 17.8. The van der Waals surface area contributed by atoms with E-state index in [-0.39, 0.29) is 11.5 Å². The van der Waals surface area contributed by atoms with Crippen LogP contribution in [0.5, 0.6) is 0 Å². The number of unbranched alkanes of at least 4 members (excludes halogenated alkanes) is 2. The lowest BCUT2D eigenvalue weighted by Gasteiger charge is -2.12. The fourth-order valence-electron chi connectivity index (χ4n) is 3.57. The number of hydrogen-bond acceptors (Lipinski definition) is 7. The van der Waals surface area contributed by atoms with E-state index in [1.165, 1.54) is 23.1 Å². The maximum atomic E-state index is 13.5. The Morgan fingerprint density at radius 2 is 1.71 bits per heavy atom. The molecule has 164 valence electrons. The van der Waals surface area contributed by atoms with Crippen molar-refractivity contribution in [1.29, 1.82) is 0 Å². The minimum atomic E-state index is -0.0674. The smallest absolute Gasteiger partial charge is 0.271 e. The number of aromatic nitrogens is 1. The number of thioether (sulfide) groups is 2. The van der Waals surface area contributed by atoms with Crippen molar-refractivity contribution in [2.45, 2.75) is 51.0 Å². The summed E-state index contributed by atoms with van der Waals surface area (Å²) in [5.41, 5.74) is 1.08. The zero-order valence-corrected chi connectivity index (χ0v) is 21.1. The summed E-state index contributed by atoms with van der Waals surface area (Å²) in [6.45, 7) is 5.44. The Morgan fingerprint density at radius 3 is 2.42 bits per heavy atom. The van der Waals surface area contributed by atoms with Gasteiger partial charge in [0, 0.05) is 25.0 Å². The van der Waals surface area contributed by atoms with Crippen LogP contribution in [0.3, 0.4) is 0 Å². The molecule has 0 N–H and O–H groups in total. The average molecular weight is 492 g/mol. The topological polar surface area (TPSA) is 45.6 Å². The van der Waals surface area contributed by atoms with E-state index in [2.05, 4.69) is 30.9 Å². The molecular formula is C22H25N3O2S4. The van der Waals surface area contributed by atoms with E-state index in [1.807, 2.05) is 19.2 Å². The van der Waals surface area contributed by atoms with E-state index in [9.17, 15) is 9.59 Å². The van der Waals surface area contributed by atoms with Crippen LogP contribution in [-0.2, 0) is 11.3 Å². The molecule has 0 bridgehead atoms. The lowest BCUT2D eigenvalue weighted by Crippen LogP contribution is -2.35. The van der Waals surface area contributed by atoms with Gasteiger partial charge in [-0.15, -0.1) is 11.3 Å². The van der Waals surface area contributed by atoms with Crippen LogP contribution >= 0.6 is 47.1 Å². The molecule has 0 spiro atoms. The highest BCUT2D eigenvalue weighted by molar-refractivity contribution is 8.30. The van der Waals surface area contributed by atoms with Gasteiger partial charge in [-0.3, -0.25) is 19.1 Å². The van der Waals surface area contributed by atoms with Crippen molar-refractivity contribution in [3.05, 3.63) is 43.8 Å². The first-order valence-corrected chi connectivity index (χ1v) is 13.4. The number of carbonyl (C=O) groups is 1. The molecule has 1 aromatic heterocycles. The van der Waals surface area contributed by atoms with E-state index < -0.39 is 0 Å². The summed E-state index contributed by atoms with van der Waals surface area (Å²) >= 11 is 9.87. The van der Waals surface area contributed by atoms with Crippen LogP contribution in [-0.4, -0.2) is 33.3 Å². The van der Waals surface area contributed by atoms with Gasteiger partial charge in [0.15, 0.2) is 0 Å². The molecule has 0 saturated carbocycles. The molecule has 2 aromatic rings. The van der Waals surface area contributed by atoms with Crippen LogP contribution in [0.25, 0.3) is 9.93 Å². The molecule has 31 heavy (non-hydrogen) atoms. The summed E-state index contributed by atoms with van der Waals surface area (Å²) in [5, 5.41) is 0.925. The van der Waals surface area contributed by atoms with Crippen molar-refractivity contribution < 1.29 is 4.79 Å². The van der Waals surface area contributed by atoms with Gasteiger partial charge in [-0.05, 0) is 25.0 Å². The number of fused-ring (bicyclic) bond motifs is 1. The number of benzene rings is 1. The molecule has 4 rings (SSSR count). The molecule has 2 aliphatic rings. The second kappa shape index (κ2) is 9.52. The summed E-state index contributed by atoms with van der Waals surface area (Å²) in [4.78, 5) is 32.2. The number of anilines is 1. The fourth-order valence-corrected chi connectivity index (χ4v) is 7.51. The minimum absolute atomic E-state index is 0.0190. The van der Waals surface area contributed by atoms with Crippen LogP contribution in [0.2, 0.25) is 0 Å². The molecule has 1 aromatic carbocycles. The molecule has 1 saturated heterocycles. The second-order valence-electron chi connectivity index (χ2n) is 7.49. The van der Waals surface area contributed by atoms with Gasteiger partial charge in [0.2, 0.25) is 0 Å². The Labute approximate surface area is 199 Å². The van der Waals surface area contributed by atoms with E-state index in [0.29, 0.717) is 26.8 Å². The summed E-state index contributed by atoms with van der Waals surface area (Å²) in [6, 6.07) is 8.16. The largest absolute Gasteiger partial charge is 0.337 e. The lowest BCUT2D eigenvalue weighted by molar-refractivity contribution is -0.120. The quantitative estimate of drug-likeness (QED) is 0.573. The standard InChI is InChI=1S/C22H25N3O2S4/c1-4-6-12-24-18(26)16(20-23(3)14-10-8-9-11-15(14)29-20)30-21(24)17-19(27)25(13-7-5-2)22(28)31-17/h8-11H,4-7,12-13H2,1-3H3/b20-16-,21-17-. The molecule has 1 amide bonds. The highest BCUT2D eigenvalue weighted by Gasteiger charge is 2.34. The van der Waals surface area contributed by atoms with Gasteiger partial charge < -0.3 is 4.90 Å². The van der Waals surface area contributed by atoms with Crippen molar-refractivity contribution in [2.24, 2.45) is 0 Å². The molecule has 0 radical (unpaired) electrons. The van der Waals surface area contributed by atoms with E-state index in [0.717, 1.165) is 46.0 Å². The number of carbonyl (C=O) groups excluding carboxylic acids is 1. The van der Waals surface area contributed by atoms with E-state index in [4.69, 9.17) is 12.2 Å². The first-order chi connectivity index (χ1) is 15.0. The maximum absolute atomic E-state index is 13.5. The summed E-state index contributed by atoms with van der Waals surface area (Å²) in [5.74, 6) is -0.0674. The normalized spacial score (nSPS) is 19.6. The lowest BCUT2D eigenvalue weighted by atomic mass is 10.3. The molecule has 1 fully saturated rings. The maximum Gasteiger partial charge on any atom is 0.271 e. The molecule has 3 heterocycles. The van der Waals surface area contributed by atoms with Crippen molar-refractivity contribution in [1.82, 2.24) is 9.47 Å². The predicted octanol–water partition coefficient (Wildman–Crippen LogP) is 3.79. The predicted molar refractivity (Wildman–Crippen MR) is 137 cm³/mol. The van der Waals surface area contributed by atoms with Gasteiger partial charge >= 0.3 is 0 Å². The highest BCUT2D eigenvalue weighted by atomic mass is 32.2. The van der Waals surface area contributed by atoms with Gasteiger partial charge in [-0.25, -0.2) is 0 Å². The molecule has 0 atom stereocenters. The van der Waals surface area contributed by atoms with Crippen molar-refractivity contribution in [2.75, 3.05) is 18.5 Å². The van der Waals surface area contributed by atoms with Gasteiger partial charge in [-0.2, -0.15) is 0 Å². The SMILES string of the molecule is CCCCN1C(=O)/C(=c2/s/c(=C3\Sc4ccccc4N3C)c(=O)n2CCCC)SC1=S. The molecule has 5 nitrogen and oxygen atoms in total. The number of nitrogens with zero attached hydrogens (tertiary/aromatic N) is 3. The van der Waals surface area contributed by atoms with Gasteiger partial charge in [0.05, 0.1) is 5.69 Å². The highest BCUT2D eigenvalue weighted by Crippen LogP contribution is 2.45. The third-order valence-electron chi connectivity index (χ3n) is 5.33. The first kappa shape index (κ1) is 22.6. The Hall–Kier alpha value is -1.55. The van der Waals surface area contributed by atoms with E-state index in [1.54, 1.807) is 21.2 Å². The number of hydrogen-bond donors (Lipinski definition) is 0. The minimum Gasteiger partial charge on any atom is -0.337 e. The van der Waals surface area contributed by atoms with E-state index >= 15 is 0 Å². The van der Waals surface area contributed by atoms with Crippen molar-refractivity contribution in [3.8, 4) is 0 Å². The van der Waals surface area contributed by atoms with Crippen LogP contribution in [0.4, 0.5) is 5.69 Å². The monoisotopic (exact) mass is 491 g/mol. The average Bonchev–Trinajstić information content (AvgIpc) is 3.36. The summed E-state index contributed by atoms with van der Waals surface area (Å²) in [6.07, 6.45) is 3.78. The fraction of sp³-hybridized carbons (Fsp3) is 0.409. The number of amides is 1. The molecule has 0 aliphatic carbocycles. The van der Waals surface area contributed by atoms with Gasteiger partial charge in [0.25, 0.3) is 11.5 Å². The van der Waals surface area contributed by atoms with Crippen LogP contribution < -0.4 is 19.7 Å². The third-order valence-corrected chi connectivity index (χ3v) is 9.45. The van der Waals surface area contributed by atoms with Crippen molar-refractivity contribution in [3.63, 3.8) is 0 Å². The Balaban J connectivity index is 1.90. The number of para-hydroxylation sites is 1. The zero-order chi connectivity index (χ0) is 22.1. The van der Waals surface area contributed by atoms with Crippen LogP contribution in [0.15, 0.2) is 34.0 Å². The molecule has 0 unspecified atom stereocenters. The number of thiazole rings is 1. The van der Waals surface area contributed by atoms with Crippen LogP contribution in [0, 0.1) is 0 Å². The molecule has 2 aliphatic heterocycles. The Morgan fingerprint density at radius 1 is 1.00 bits per heavy atom. The first-order valence-electron chi connectivity index (χ1n) is 10.5. The van der Waals surface area contributed by atoms with Gasteiger partial charge in [0.1, 0.15) is 23.4 Å². The third kappa shape index (κ3) is 4.13. The number of thiocarbonyl (C=S) groups is 1. The molecular weight excluding hydrogens is 467 g/mol. The summed E-state index contributed by atoms with van der Waals surface area (Å²) < 4.78 is 3.81. The Kier molecular flexibility index (Phi) is 6.95. The molecule has 9 heteroatoms. The second-order valence-corrected chi connectivity index (χ2v) is 11.2. The summed E-state index contributed by atoms with van der Waals surface area (Å²) in [7, 11) is 1.99. The van der Waals surface area contributed by atoms with Gasteiger partial charge in [-0.1, -0.05) is 74.6 Å². The Bertz CT molecular complexity index is 1210.